The molecule has 1 N–H and O–H groups in total. The zero-order chi connectivity index (χ0) is 18.3. The van der Waals surface area contributed by atoms with Gasteiger partial charge in [-0.3, -0.25) is 4.79 Å². The van der Waals surface area contributed by atoms with Gasteiger partial charge in [-0.05, 0) is 66.9 Å². The van der Waals surface area contributed by atoms with Gasteiger partial charge in [0, 0.05) is 36.3 Å². The Balaban J connectivity index is 1.51. The molecule has 1 atom stereocenters. The van der Waals surface area contributed by atoms with Crippen LogP contribution in [0.2, 0.25) is 5.15 Å². The first-order chi connectivity index (χ1) is 12.5. The van der Waals surface area contributed by atoms with Crippen molar-refractivity contribution in [3.63, 3.8) is 0 Å². The number of aliphatic hydroxyl groups excluding tert-OH is 1. The van der Waals surface area contributed by atoms with Gasteiger partial charge in [-0.25, -0.2) is 4.98 Å². The number of aromatic nitrogens is 1. The molecule has 7 heteroatoms. The van der Waals surface area contributed by atoms with Crippen LogP contribution in [0.25, 0.3) is 0 Å². The number of pyridine rings is 1. The number of carbonyl (C=O) groups is 1. The summed E-state index contributed by atoms with van der Waals surface area (Å²) in [6.45, 7) is 2.47. The Hall–Kier alpha value is -0.850. The number of halogens is 2. The van der Waals surface area contributed by atoms with Gasteiger partial charge in [-0.15, -0.1) is 0 Å². The smallest absolute Gasteiger partial charge is 0.230 e. The molecule has 0 aromatic carbocycles. The minimum atomic E-state index is -0.292. The largest absolute Gasteiger partial charge is 0.393 e. The standard InChI is InChI=1S/C19H25BrClN3O2/c20-13-10-16(17(21)22-11-13)23-8-1-6-19(12-23)7-9-24(18(19)26)14-2-4-15(25)5-3-14/h10-11,14-15,25H,1-9,12H2/t14-,15+,19-/m0/s1. The molecule has 2 saturated heterocycles. The first-order valence-corrected chi connectivity index (χ1v) is 10.7. The van der Waals surface area contributed by atoms with Crippen molar-refractivity contribution in [3.8, 4) is 0 Å². The van der Waals surface area contributed by atoms with Crippen LogP contribution in [0.1, 0.15) is 44.9 Å². The van der Waals surface area contributed by atoms with Crippen molar-refractivity contribution in [2.45, 2.75) is 57.1 Å². The van der Waals surface area contributed by atoms with Crippen LogP contribution in [-0.2, 0) is 4.79 Å². The topological polar surface area (TPSA) is 56.7 Å². The summed E-state index contributed by atoms with van der Waals surface area (Å²) in [5.74, 6) is 0.308. The maximum absolute atomic E-state index is 13.4. The van der Waals surface area contributed by atoms with Gasteiger partial charge >= 0.3 is 0 Å². The zero-order valence-corrected chi connectivity index (χ0v) is 17.2. The summed E-state index contributed by atoms with van der Waals surface area (Å²) in [6, 6.07) is 2.30. The Morgan fingerprint density at radius 3 is 2.77 bits per heavy atom. The van der Waals surface area contributed by atoms with Crippen LogP contribution in [0, 0.1) is 5.41 Å². The summed E-state index contributed by atoms with van der Waals surface area (Å²) >= 11 is 9.81. The van der Waals surface area contributed by atoms with Crippen molar-refractivity contribution in [1.82, 2.24) is 9.88 Å². The second kappa shape index (κ2) is 7.28. The first kappa shape index (κ1) is 18.5. The highest BCUT2D eigenvalue weighted by atomic mass is 79.9. The summed E-state index contributed by atoms with van der Waals surface area (Å²) in [7, 11) is 0. The predicted molar refractivity (Wildman–Crippen MR) is 105 cm³/mol. The average molecular weight is 443 g/mol. The van der Waals surface area contributed by atoms with Crippen molar-refractivity contribution >= 4 is 39.1 Å². The molecule has 3 heterocycles. The molecule has 1 aromatic rings. The zero-order valence-electron chi connectivity index (χ0n) is 14.8. The summed E-state index contributed by atoms with van der Waals surface area (Å²) in [5, 5.41) is 10.2. The van der Waals surface area contributed by atoms with Gasteiger partial charge < -0.3 is 14.9 Å². The van der Waals surface area contributed by atoms with Crippen LogP contribution in [0.3, 0.4) is 0 Å². The van der Waals surface area contributed by atoms with Gasteiger partial charge in [0.15, 0.2) is 5.15 Å². The normalized spacial score (nSPS) is 32.5. The second-order valence-corrected chi connectivity index (χ2v) is 9.25. The minimum Gasteiger partial charge on any atom is -0.393 e. The minimum absolute atomic E-state index is 0.186. The highest BCUT2D eigenvalue weighted by Gasteiger charge is 2.50. The summed E-state index contributed by atoms with van der Waals surface area (Å²) in [6.07, 6.45) is 7.85. The van der Waals surface area contributed by atoms with Gasteiger partial charge in [0.1, 0.15) is 0 Å². The van der Waals surface area contributed by atoms with Crippen molar-refractivity contribution < 1.29 is 9.90 Å². The number of nitrogens with zero attached hydrogens (tertiary/aromatic N) is 3. The van der Waals surface area contributed by atoms with E-state index in [1.807, 2.05) is 6.07 Å². The molecular formula is C19H25BrClN3O2. The number of hydrogen-bond donors (Lipinski definition) is 1. The molecule has 2 aliphatic heterocycles. The van der Waals surface area contributed by atoms with Gasteiger partial charge in [0.25, 0.3) is 0 Å². The van der Waals surface area contributed by atoms with Gasteiger partial charge in [0.2, 0.25) is 5.91 Å². The van der Waals surface area contributed by atoms with E-state index < -0.39 is 0 Å². The molecule has 1 aliphatic carbocycles. The molecule has 1 amide bonds. The monoisotopic (exact) mass is 441 g/mol. The molecule has 3 fully saturated rings. The highest BCUT2D eigenvalue weighted by molar-refractivity contribution is 9.10. The SMILES string of the molecule is O=C1N([C@H]2CC[C@@H](O)CC2)CC[C@]12CCCN(c1cc(Br)cnc1Cl)C2. The molecule has 3 aliphatic rings. The van der Waals surface area contributed by atoms with E-state index in [-0.39, 0.29) is 11.5 Å². The van der Waals surface area contributed by atoms with Crippen LogP contribution >= 0.6 is 27.5 Å². The fraction of sp³-hybridized carbons (Fsp3) is 0.684. The second-order valence-electron chi connectivity index (χ2n) is 7.98. The molecule has 0 unspecified atom stereocenters. The lowest BCUT2D eigenvalue weighted by atomic mass is 9.78. The van der Waals surface area contributed by atoms with E-state index in [2.05, 4.69) is 30.7 Å². The van der Waals surface area contributed by atoms with Crippen molar-refractivity contribution in [3.05, 3.63) is 21.9 Å². The first-order valence-electron chi connectivity index (χ1n) is 9.54. The molecule has 0 bridgehead atoms. The molecule has 4 rings (SSSR count). The van der Waals surface area contributed by atoms with Crippen LogP contribution in [0.15, 0.2) is 16.7 Å². The number of piperidine rings is 1. The lowest BCUT2D eigenvalue weighted by molar-refractivity contribution is -0.139. The molecule has 26 heavy (non-hydrogen) atoms. The van der Waals surface area contributed by atoms with E-state index in [4.69, 9.17) is 11.6 Å². The maximum atomic E-state index is 13.4. The van der Waals surface area contributed by atoms with Crippen LogP contribution in [0.5, 0.6) is 0 Å². The Morgan fingerprint density at radius 1 is 1.23 bits per heavy atom. The van der Waals surface area contributed by atoms with E-state index in [0.29, 0.717) is 17.1 Å². The molecule has 1 saturated carbocycles. The van der Waals surface area contributed by atoms with Crippen LogP contribution in [0.4, 0.5) is 5.69 Å². The fourth-order valence-electron chi connectivity index (χ4n) is 4.92. The lowest BCUT2D eigenvalue weighted by Crippen LogP contribution is -2.50. The third kappa shape index (κ3) is 3.36. The number of aliphatic hydroxyl groups is 1. The van der Waals surface area contributed by atoms with Gasteiger partial charge in [0.05, 0.1) is 17.2 Å². The number of carbonyl (C=O) groups excluding carboxylic acids is 1. The van der Waals surface area contributed by atoms with Crippen molar-refractivity contribution in [2.24, 2.45) is 5.41 Å². The summed E-state index contributed by atoms with van der Waals surface area (Å²) < 4.78 is 0.900. The average Bonchev–Trinajstić information content (AvgIpc) is 2.94. The van der Waals surface area contributed by atoms with E-state index >= 15 is 0 Å². The Labute approximate surface area is 167 Å². The Morgan fingerprint density at radius 2 is 2.00 bits per heavy atom. The molecule has 1 spiro atoms. The lowest BCUT2D eigenvalue weighted by Gasteiger charge is -2.41. The van der Waals surface area contributed by atoms with Crippen LogP contribution < -0.4 is 4.90 Å². The highest BCUT2D eigenvalue weighted by Crippen LogP contribution is 2.44. The predicted octanol–water partition coefficient (Wildman–Crippen LogP) is 3.62. The molecule has 1 aromatic heterocycles. The molecule has 0 radical (unpaired) electrons. The maximum Gasteiger partial charge on any atom is 0.230 e. The number of likely N-dealkylation sites (tertiary alicyclic amines) is 1. The molecular weight excluding hydrogens is 418 g/mol. The Kier molecular flexibility index (Phi) is 5.19. The number of hydrogen-bond acceptors (Lipinski definition) is 4. The quantitative estimate of drug-likeness (QED) is 0.711. The van der Waals surface area contributed by atoms with E-state index in [0.717, 1.165) is 74.7 Å². The Bertz CT molecular complexity index is 695. The molecule has 142 valence electrons. The number of anilines is 1. The van der Waals surface area contributed by atoms with Gasteiger partial charge in [-0.2, -0.15) is 0 Å². The van der Waals surface area contributed by atoms with E-state index in [1.54, 1.807) is 6.20 Å². The summed E-state index contributed by atoms with van der Waals surface area (Å²) in [4.78, 5) is 22.0. The number of rotatable bonds is 2. The van der Waals surface area contributed by atoms with Crippen molar-refractivity contribution in [2.75, 3.05) is 24.5 Å². The third-order valence-corrected chi connectivity index (χ3v) is 7.08. The fourth-order valence-corrected chi connectivity index (χ4v) is 5.46. The number of amides is 1. The van der Waals surface area contributed by atoms with Gasteiger partial charge in [-0.1, -0.05) is 11.6 Å². The third-order valence-electron chi connectivity index (χ3n) is 6.36. The van der Waals surface area contributed by atoms with E-state index in [9.17, 15) is 9.90 Å². The van der Waals surface area contributed by atoms with E-state index in [1.165, 1.54) is 0 Å². The van der Waals surface area contributed by atoms with Crippen LogP contribution in [-0.4, -0.2) is 52.7 Å². The molecule has 5 nitrogen and oxygen atoms in total. The summed E-state index contributed by atoms with van der Waals surface area (Å²) in [5.41, 5.74) is 0.618. The van der Waals surface area contributed by atoms with Crippen molar-refractivity contribution in [1.29, 1.82) is 0 Å².